The molecule has 38 heavy (non-hydrogen) atoms. The minimum atomic E-state index is 0.0527. The van der Waals surface area contributed by atoms with Crippen molar-refractivity contribution < 1.29 is 4.79 Å². The van der Waals surface area contributed by atoms with E-state index in [0.29, 0.717) is 5.92 Å². The van der Waals surface area contributed by atoms with Crippen LogP contribution in [0.15, 0.2) is 60.4 Å². The number of aromatic nitrogens is 2. The maximum Gasteiger partial charge on any atom is 0.253 e. The Morgan fingerprint density at radius 1 is 1.05 bits per heavy atom. The Hall–Kier alpha value is -3.51. The Kier molecular flexibility index (Phi) is 10.6. The fraction of sp³-hybridized carbons (Fsp3) is 0.406. The minimum absolute atomic E-state index is 0.0527. The van der Waals surface area contributed by atoms with Gasteiger partial charge >= 0.3 is 0 Å². The molecular formula is C32H43N5O. The summed E-state index contributed by atoms with van der Waals surface area (Å²) in [5, 5.41) is 3.08. The zero-order valence-electron chi connectivity index (χ0n) is 24.1. The maximum atomic E-state index is 12.2. The number of carbonyl (C=O) groups is 1. The first-order valence-electron chi connectivity index (χ1n) is 13.7. The van der Waals surface area contributed by atoms with Gasteiger partial charge in [0, 0.05) is 62.5 Å². The van der Waals surface area contributed by atoms with Crippen molar-refractivity contribution in [1.29, 1.82) is 0 Å². The molecule has 1 amide bonds. The van der Waals surface area contributed by atoms with Crippen LogP contribution in [-0.2, 0) is 0 Å². The molecule has 0 unspecified atom stereocenters. The minimum Gasteiger partial charge on any atom is -0.373 e. The van der Waals surface area contributed by atoms with Crippen molar-refractivity contribution in [2.75, 3.05) is 46.1 Å². The molecule has 0 atom stereocenters. The van der Waals surface area contributed by atoms with Crippen molar-refractivity contribution in [3.63, 3.8) is 0 Å². The van der Waals surface area contributed by atoms with E-state index in [2.05, 4.69) is 64.4 Å². The predicted octanol–water partition coefficient (Wildman–Crippen LogP) is 6.50. The zero-order valence-corrected chi connectivity index (χ0v) is 24.1. The van der Waals surface area contributed by atoms with E-state index in [1.54, 1.807) is 19.0 Å². The van der Waals surface area contributed by atoms with Crippen LogP contribution < -0.4 is 5.32 Å². The molecule has 1 fully saturated rings. The average molecular weight is 514 g/mol. The first kappa shape index (κ1) is 29.1. The van der Waals surface area contributed by atoms with Gasteiger partial charge in [-0.15, -0.1) is 0 Å². The molecule has 3 aromatic rings. The second kappa shape index (κ2) is 13.9. The van der Waals surface area contributed by atoms with Crippen LogP contribution in [-0.4, -0.2) is 66.5 Å². The third-order valence-electron chi connectivity index (χ3n) is 7.01. The van der Waals surface area contributed by atoms with E-state index in [4.69, 9.17) is 0 Å². The lowest BCUT2D eigenvalue weighted by atomic mass is 9.88. The lowest BCUT2D eigenvalue weighted by Crippen LogP contribution is -2.34. The smallest absolute Gasteiger partial charge is 0.253 e. The molecule has 6 nitrogen and oxygen atoms in total. The molecule has 6 heteroatoms. The molecule has 4 rings (SSSR count). The number of anilines is 1. The highest BCUT2D eigenvalue weighted by molar-refractivity contribution is 5.93. The van der Waals surface area contributed by atoms with Gasteiger partial charge in [0.1, 0.15) is 5.82 Å². The number of piperidine rings is 1. The zero-order chi connectivity index (χ0) is 27.7. The van der Waals surface area contributed by atoms with Gasteiger partial charge in [-0.25, -0.2) is 4.98 Å². The van der Waals surface area contributed by atoms with Gasteiger partial charge in [0.25, 0.3) is 5.91 Å². The summed E-state index contributed by atoms with van der Waals surface area (Å²) in [4.78, 5) is 25.4. The highest BCUT2D eigenvalue weighted by Crippen LogP contribution is 2.30. The van der Waals surface area contributed by atoms with Crippen LogP contribution in [0.1, 0.15) is 66.7 Å². The van der Waals surface area contributed by atoms with Gasteiger partial charge in [-0.05, 0) is 87.2 Å². The highest BCUT2D eigenvalue weighted by Gasteiger charge is 2.21. The number of aryl methyl sites for hydroxylation is 1. The summed E-state index contributed by atoms with van der Waals surface area (Å²) in [7, 11) is 5.46. The molecule has 0 saturated carbocycles. The normalized spacial score (nSPS) is 14.4. The fourth-order valence-corrected chi connectivity index (χ4v) is 4.94. The topological polar surface area (TPSA) is 61.4 Å². The van der Waals surface area contributed by atoms with Gasteiger partial charge in [-0.1, -0.05) is 37.6 Å². The van der Waals surface area contributed by atoms with Crippen LogP contribution in [0.25, 0.3) is 17.2 Å². The van der Waals surface area contributed by atoms with Gasteiger partial charge in [0.15, 0.2) is 0 Å². The van der Waals surface area contributed by atoms with Crippen molar-refractivity contribution in [2.24, 2.45) is 0 Å². The standard InChI is InChI=1S/C30H37N5O.C2H6/c1-21(18-28-22(2)32-15-12-27(28)26-10-11-29(31-3)33-19-26)20-35-16-13-24(14-17-35)23-6-8-25(9-7-23)30(36)34(4)5;1-2/h6-12,15,18-19,24H,13-14,16-17,20H2,1-5H3,(H,31,33);1-2H3/b21-18+;. The molecule has 0 radical (unpaired) electrons. The summed E-state index contributed by atoms with van der Waals surface area (Å²) in [5.74, 6) is 1.46. The number of benzene rings is 1. The SMILES string of the molecule is CC.CNc1ccc(-c2ccnc(C)c2/C=C(\C)CN2CCC(c3ccc(C(=O)N(C)C)cc3)CC2)cn1. The van der Waals surface area contributed by atoms with Crippen LogP contribution in [0.4, 0.5) is 5.82 Å². The Balaban J connectivity index is 0.00000195. The summed E-state index contributed by atoms with van der Waals surface area (Å²) in [5.41, 5.74) is 7.86. The fourth-order valence-electron chi connectivity index (χ4n) is 4.94. The largest absolute Gasteiger partial charge is 0.373 e. The number of likely N-dealkylation sites (tertiary alicyclic amines) is 1. The molecule has 1 N–H and O–H groups in total. The first-order valence-corrected chi connectivity index (χ1v) is 13.7. The first-order chi connectivity index (χ1) is 18.4. The van der Waals surface area contributed by atoms with E-state index in [0.717, 1.165) is 66.2 Å². The highest BCUT2D eigenvalue weighted by atomic mass is 16.2. The number of nitrogens with one attached hydrogen (secondary N) is 1. The molecule has 1 aliphatic rings. The molecule has 0 spiro atoms. The van der Waals surface area contributed by atoms with Crippen LogP contribution in [0.5, 0.6) is 0 Å². The van der Waals surface area contributed by atoms with Gasteiger partial charge in [0.05, 0.1) is 0 Å². The molecule has 3 heterocycles. The third-order valence-corrected chi connectivity index (χ3v) is 7.01. The summed E-state index contributed by atoms with van der Waals surface area (Å²) >= 11 is 0. The molecular weight excluding hydrogens is 470 g/mol. The summed E-state index contributed by atoms with van der Waals surface area (Å²) in [6.45, 7) is 11.4. The van der Waals surface area contributed by atoms with Crippen molar-refractivity contribution in [3.8, 4) is 11.1 Å². The lowest BCUT2D eigenvalue weighted by molar-refractivity contribution is 0.0827. The van der Waals surface area contributed by atoms with E-state index in [9.17, 15) is 4.79 Å². The second-order valence-corrected chi connectivity index (χ2v) is 9.90. The maximum absolute atomic E-state index is 12.2. The van der Waals surface area contributed by atoms with Crippen molar-refractivity contribution >= 4 is 17.8 Å². The molecule has 1 aromatic carbocycles. The summed E-state index contributed by atoms with van der Waals surface area (Å²) in [6.07, 6.45) is 8.35. The van der Waals surface area contributed by atoms with Crippen LogP contribution in [0.3, 0.4) is 0 Å². The van der Waals surface area contributed by atoms with Crippen LogP contribution in [0.2, 0.25) is 0 Å². The number of amides is 1. The van der Waals surface area contributed by atoms with Crippen molar-refractivity contribution in [3.05, 3.63) is 82.8 Å². The number of pyridine rings is 2. The summed E-state index contributed by atoms with van der Waals surface area (Å²) in [6, 6.07) is 14.4. The molecule has 1 saturated heterocycles. The lowest BCUT2D eigenvalue weighted by Gasteiger charge is -2.32. The number of carbonyl (C=O) groups excluding carboxylic acids is 1. The van der Waals surface area contributed by atoms with Crippen LogP contribution in [0, 0.1) is 6.92 Å². The molecule has 2 aromatic heterocycles. The van der Waals surface area contributed by atoms with Crippen molar-refractivity contribution in [2.45, 2.75) is 46.5 Å². The second-order valence-electron chi connectivity index (χ2n) is 9.90. The van der Waals surface area contributed by atoms with Crippen LogP contribution >= 0.6 is 0 Å². The van der Waals surface area contributed by atoms with Gasteiger partial charge < -0.3 is 10.2 Å². The number of nitrogens with zero attached hydrogens (tertiary/aromatic N) is 4. The monoisotopic (exact) mass is 513 g/mol. The quantitative estimate of drug-likeness (QED) is 0.390. The van der Waals surface area contributed by atoms with E-state index >= 15 is 0 Å². The molecule has 0 bridgehead atoms. The Bertz CT molecular complexity index is 1210. The Morgan fingerprint density at radius 2 is 1.74 bits per heavy atom. The Morgan fingerprint density at radius 3 is 2.32 bits per heavy atom. The predicted molar refractivity (Wildman–Crippen MR) is 160 cm³/mol. The van der Waals surface area contributed by atoms with E-state index in [1.165, 1.54) is 11.1 Å². The van der Waals surface area contributed by atoms with Gasteiger partial charge in [-0.3, -0.25) is 14.7 Å². The van der Waals surface area contributed by atoms with E-state index < -0.39 is 0 Å². The van der Waals surface area contributed by atoms with Gasteiger partial charge in [0.2, 0.25) is 0 Å². The van der Waals surface area contributed by atoms with E-state index in [1.807, 2.05) is 51.5 Å². The summed E-state index contributed by atoms with van der Waals surface area (Å²) < 4.78 is 0. The number of hydrogen-bond donors (Lipinski definition) is 1. The number of rotatable bonds is 7. The average Bonchev–Trinajstić information content (AvgIpc) is 2.95. The molecule has 202 valence electrons. The number of hydrogen-bond acceptors (Lipinski definition) is 5. The molecule has 1 aliphatic heterocycles. The molecule has 0 aliphatic carbocycles. The van der Waals surface area contributed by atoms with E-state index in [-0.39, 0.29) is 5.91 Å². The van der Waals surface area contributed by atoms with Crippen molar-refractivity contribution in [1.82, 2.24) is 19.8 Å². The third kappa shape index (κ3) is 7.29. The Labute approximate surface area is 228 Å². The van der Waals surface area contributed by atoms with Gasteiger partial charge in [-0.2, -0.15) is 0 Å².